The summed E-state index contributed by atoms with van der Waals surface area (Å²) in [4.78, 5) is 6.51. The smallest absolute Gasteiger partial charge is 0.244 e. The molecule has 0 amide bonds. The van der Waals surface area contributed by atoms with Crippen molar-refractivity contribution in [1.29, 1.82) is 0 Å². The van der Waals surface area contributed by atoms with Crippen LogP contribution in [0.1, 0.15) is 5.56 Å². The van der Waals surface area contributed by atoms with E-state index in [-0.39, 0.29) is 0 Å². The molecular weight excluding hydrogens is 200 g/mol. The van der Waals surface area contributed by atoms with E-state index in [1.807, 2.05) is 23.7 Å². The molecule has 0 saturated heterocycles. The summed E-state index contributed by atoms with van der Waals surface area (Å²) in [6.45, 7) is 0.924. The Hall–Kier alpha value is -1.84. The molecule has 0 bridgehead atoms. The highest BCUT2D eigenvalue weighted by Crippen LogP contribution is 2.28. The number of rotatable bonds is 1. The van der Waals surface area contributed by atoms with E-state index in [4.69, 9.17) is 0 Å². The summed E-state index contributed by atoms with van der Waals surface area (Å²) in [5.74, 6) is 1.78. The molecule has 4 nitrogen and oxygen atoms in total. The summed E-state index contributed by atoms with van der Waals surface area (Å²) in [5.41, 5.74) is 2.59. The molecule has 1 aliphatic rings. The molecule has 0 atom stereocenters. The number of anilines is 1. The van der Waals surface area contributed by atoms with Crippen LogP contribution in [-0.2, 0) is 13.0 Å². The molecule has 2 aromatic rings. The first-order valence-electron chi connectivity index (χ1n) is 5.46. The van der Waals surface area contributed by atoms with Crippen LogP contribution in [0.15, 0.2) is 24.3 Å². The summed E-state index contributed by atoms with van der Waals surface area (Å²) in [6.07, 6.45) is 1.04. The normalized spacial score (nSPS) is 13.1. The quantitative estimate of drug-likeness (QED) is 0.722. The lowest BCUT2D eigenvalue weighted by atomic mass is 10.0. The van der Waals surface area contributed by atoms with E-state index < -0.39 is 0 Å². The SMILES string of the molecule is CN(C)c1nc2n(n1)CCc1ccccc1-2. The minimum atomic E-state index is 0.784. The van der Waals surface area contributed by atoms with Gasteiger partial charge in [-0.25, -0.2) is 4.68 Å². The van der Waals surface area contributed by atoms with Gasteiger partial charge in [-0.1, -0.05) is 24.3 Å². The van der Waals surface area contributed by atoms with Gasteiger partial charge in [0.25, 0.3) is 0 Å². The highest BCUT2D eigenvalue weighted by molar-refractivity contribution is 5.63. The number of hydrogen-bond acceptors (Lipinski definition) is 3. The second kappa shape index (κ2) is 3.33. The van der Waals surface area contributed by atoms with E-state index in [1.165, 1.54) is 11.1 Å². The van der Waals surface area contributed by atoms with Gasteiger partial charge in [-0.05, 0) is 12.0 Å². The van der Waals surface area contributed by atoms with Crippen LogP contribution in [0.3, 0.4) is 0 Å². The van der Waals surface area contributed by atoms with Crippen molar-refractivity contribution >= 4 is 5.95 Å². The van der Waals surface area contributed by atoms with Crippen molar-refractivity contribution in [3.8, 4) is 11.4 Å². The van der Waals surface area contributed by atoms with Crippen LogP contribution in [0.2, 0.25) is 0 Å². The lowest BCUT2D eigenvalue weighted by Crippen LogP contribution is -2.13. The number of aryl methyl sites for hydroxylation is 2. The average molecular weight is 214 g/mol. The minimum Gasteiger partial charge on any atom is -0.346 e. The summed E-state index contributed by atoms with van der Waals surface area (Å²) >= 11 is 0. The zero-order chi connectivity index (χ0) is 11.1. The summed E-state index contributed by atoms with van der Waals surface area (Å²) in [5, 5.41) is 4.48. The molecule has 3 rings (SSSR count). The molecule has 4 heteroatoms. The van der Waals surface area contributed by atoms with Gasteiger partial charge >= 0.3 is 0 Å². The van der Waals surface area contributed by atoms with E-state index in [0.717, 1.165) is 24.7 Å². The van der Waals surface area contributed by atoms with Gasteiger partial charge in [0.1, 0.15) is 0 Å². The van der Waals surface area contributed by atoms with Gasteiger partial charge in [-0.2, -0.15) is 4.98 Å². The second-order valence-corrected chi connectivity index (χ2v) is 4.26. The Morgan fingerprint density at radius 2 is 2.06 bits per heavy atom. The fraction of sp³-hybridized carbons (Fsp3) is 0.333. The van der Waals surface area contributed by atoms with E-state index in [0.29, 0.717) is 0 Å². The lowest BCUT2D eigenvalue weighted by Gasteiger charge is -2.15. The molecule has 1 aromatic heterocycles. The van der Waals surface area contributed by atoms with E-state index in [9.17, 15) is 0 Å². The Labute approximate surface area is 94.5 Å². The molecule has 82 valence electrons. The van der Waals surface area contributed by atoms with Crippen molar-refractivity contribution in [2.75, 3.05) is 19.0 Å². The van der Waals surface area contributed by atoms with Gasteiger partial charge in [-0.3, -0.25) is 0 Å². The Bertz CT molecular complexity index is 528. The Kier molecular flexibility index (Phi) is 1.96. The average Bonchev–Trinajstić information content (AvgIpc) is 2.73. The van der Waals surface area contributed by atoms with Crippen LogP contribution in [0.4, 0.5) is 5.95 Å². The third kappa shape index (κ3) is 1.30. The second-order valence-electron chi connectivity index (χ2n) is 4.26. The number of hydrogen-bond donors (Lipinski definition) is 0. The van der Waals surface area contributed by atoms with Crippen molar-refractivity contribution in [2.24, 2.45) is 0 Å². The topological polar surface area (TPSA) is 34.0 Å². The molecule has 0 unspecified atom stereocenters. The monoisotopic (exact) mass is 214 g/mol. The molecule has 0 spiro atoms. The van der Waals surface area contributed by atoms with E-state index in [1.54, 1.807) is 0 Å². The van der Waals surface area contributed by atoms with Crippen molar-refractivity contribution in [3.63, 3.8) is 0 Å². The van der Waals surface area contributed by atoms with Crippen LogP contribution < -0.4 is 4.90 Å². The fourth-order valence-corrected chi connectivity index (χ4v) is 2.06. The first-order valence-corrected chi connectivity index (χ1v) is 5.46. The molecule has 0 saturated carbocycles. The van der Waals surface area contributed by atoms with Gasteiger partial charge in [0, 0.05) is 26.2 Å². The van der Waals surface area contributed by atoms with Gasteiger partial charge in [0.2, 0.25) is 5.95 Å². The molecule has 0 radical (unpaired) electrons. The lowest BCUT2D eigenvalue weighted by molar-refractivity contribution is 0.605. The van der Waals surface area contributed by atoms with Crippen LogP contribution in [0, 0.1) is 0 Å². The number of nitrogens with zero attached hydrogens (tertiary/aromatic N) is 4. The molecular formula is C12H14N4. The number of fused-ring (bicyclic) bond motifs is 3. The molecule has 16 heavy (non-hydrogen) atoms. The zero-order valence-electron chi connectivity index (χ0n) is 9.51. The fourth-order valence-electron chi connectivity index (χ4n) is 2.06. The maximum Gasteiger partial charge on any atom is 0.244 e. The van der Waals surface area contributed by atoms with Crippen molar-refractivity contribution < 1.29 is 0 Å². The standard InChI is InChI=1S/C12H14N4/c1-15(2)12-13-11-10-6-4-3-5-9(10)7-8-16(11)14-12/h3-6H,7-8H2,1-2H3. The Morgan fingerprint density at radius 3 is 2.88 bits per heavy atom. The highest BCUT2D eigenvalue weighted by Gasteiger charge is 2.19. The summed E-state index contributed by atoms with van der Waals surface area (Å²) in [7, 11) is 3.93. The van der Waals surface area contributed by atoms with Crippen molar-refractivity contribution in [3.05, 3.63) is 29.8 Å². The van der Waals surface area contributed by atoms with E-state index >= 15 is 0 Å². The van der Waals surface area contributed by atoms with Crippen molar-refractivity contribution in [1.82, 2.24) is 14.8 Å². The third-order valence-electron chi connectivity index (χ3n) is 2.91. The van der Waals surface area contributed by atoms with Gasteiger partial charge < -0.3 is 4.90 Å². The molecule has 0 aliphatic carbocycles. The van der Waals surface area contributed by atoms with Gasteiger partial charge in [-0.15, -0.1) is 5.10 Å². The molecule has 2 heterocycles. The summed E-state index contributed by atoms with van der Waals surface area (Å²) in [6, 6.07) is 8.42. The third-order valence-corrected chi connectivity index (χ3v) is 2.91. The maximum atomic E-state index is 4.57. The van der Waals surface area contributed by atoms with Crippen molar-refractivity contribution in [2.45, 2.75) is 13.0 Å². The predicted molar refractivity (Wildman–Crippen MR) is 63.5 cm³/mol. The summed E-state index contributed by atoms with van der Waals surface area (Å²) < 4.78 is 2.00. The maximum absolute atomic E-state index is 4.57. The van der Waals surface area contributed by atoms with E-state index in [2.05, 4.69) is 34.3 Å². The van der Waals surface area contributed by atoms with Crippen LogP contribution >= 0.6 is 0 Å². The molecule has 1 aromatic carbocycles. The van der Waals surface area contributed by atoms with Gasteiger partial charge in [0.15, 0.2) is 5.82 Å². The first-order chi connectivity index (χ1) is 7.75. The number of benzene rings is 1. The van der Waals surface area contributed by atoms with Crippen LogP contribution in [0.5, 0.6) is 0 Å². The number of aromatic nitrogens is 3. The molecule has 1 aliphatic heterocycles. The molecule has 0 N–H and O–H groups in total. The Balaban J connectivity index is 2.17. The van der Waals surface area contributed by atoms with Crippen LogP contribution in [0.25, 0.3) is 11.4 Å². The largest absolute Gasteiger partial charge is 0.346 e. The molecule has 0 fully saturated rings. The van der Waals surface area contributed by atoms with Gasteiger partial charge in [0.05, 0.1) is 0 Å². The highest BCUT2D eigenvalue weighted by atomic mass is 15.4. The Morgan fingerprint density at radius 1 is 1.25 bits per heavy atom. The first kappa shape index (κ1) is 9.39. The minimum absolute atomic E-state index is 0.784. The zero-order valence-corrected chi connectivity index (χ0v) is 9.51. The predicted octanol–water partition coefficient (Wildman–Crippen LogP) is 1.57. The van der Waals surface area contributed by atoms with Crippen LogP contribution in [-0.4, -0.2) is 28.9 Å².